The van der Waals surface area contributed by atoms with Crippen molar-refractivity contribution >= 4 is 5.78 Å². The molecule has 0 saturated carbocycles. The topological polar surface area (TPSA) is 105 Å². The number of benzene rings is 1. The Morgan fingerprint density at radius 1 is 0.964 bits per heavy atom. The average molecular weight is 375 g/mol. The number of aromatic nitrogens is 7. The third kappa shape index (κ3) is 3.21. The standard InChI is InChI=1S/C20H21N7O/c28-19-14-8-4-5-9-15(14)21-20-23-18(26-27(19)20)12-17-22-16(24-25-17)11-10-13-6-2-1-3-7-13/h1-3,6-7H,4-5,8-12H2,(H,21,23,26)(H,22,24,25). The fourth-order valence-electron chi connectivity index (χ4n) is 3.75. The van der Waals surface area contributed by atoms with Crippen molar-refractivity contribution in [2.24, 2.45) is 0 Å². The van der Waals surface area contributed by atoms with Crippen LogP contribution in [-0.4, -0.2) is 34.8 Å². The molecular weight excluding hydrogens is 354 g/mol. The summed E-state index contributed by atoms with van der Waals surface area (Å²) < 4.78 is 1.45. The van der Waals surface area contributed by atoms with Crippen molar-refractivity contribution in [2.45, 2.75) is 44.9 Å². The molecule has 0 atom stereocenters. The Kier molecular flexibility index (Phi) is 4.23. The summed E-state index contributed by atoms with van der Waals surface area (Å²) in [5.74, 6) is 2.59. The van der Waals surface area contributed by atoms with E-state index in [0.29, 0.717) is 18.0 Å². The lowest BCUT2D eigenvalue weighted by Gasteiger charge is -2.12. The molecular formula is C20H21N7O. The van der Waals surface area contributed by atoms with Crippen LogP contribution >= 0.6 is 0 Å². The summed E-state index contributed by atoms with van der Waals surface area (Å²) in [5.41, 5.74) is 2.96. The summed E-state index contributed by atoms with van der Waals surface area (Å²) in [7, 11) is 0. The van der Waals surface area contributed by atoms with Crippen LogP contribution in [0.5, 0.6) is 0 Å². The monoisotopic (exact) mass is 375 g/mol. The van der Waals surface area contributed by atoms with E-state index in [1.165, 1.54) is 10.1 Å². The quantitative estimate of drug-likeness (QED) is 0.553. The van der Waals surface area contributed by atoms with Crippen molar-refractivity contribution in [1.29, 1.82) is 0 Å². The highest BCUT2D eigenvalue weighted by Crippen LogP contribution is 2.16. The maximum atomic E-state index is 12.7. The van der Waals surface area contributed by atoms with Crippen LogP contribution in [0.4, 0.5) is 0 Å². The van der Waals surface area contributed by atoms with Gasteiger partial charge in [-0.3, -0.25) is 15.0 Å². The van der Waals surface area contributed by atoms with Crippen LogP contribution in [0.2, 0.25) is 0 Å². The number of hydrogen-bond donors (Lipinski definition) is 2. The van der Waals surface area contributed by atoms with Gasteiger partial charge in [-0.2, -0.15) is 14.6 Å². The second-order valence-corrected chi connectivity index (χ2v) is 7.22. The smallest absolute Gasteiger partial charge is 0.275 e. The van der Waals surface area contributed by atoms with E-state index in [4.69, 9.17) is 0 Å². The molecule has 0 aliphatic heterocycles. The molecule has 28 heavy (non-hydrogen) atoms. The van der Waals surface area contributed by atoms with Gasteiger partial charge in [-0.05, 0) is 37.7 Å². The van der Waals surface area contributed by atoms with Crippen LogP contribution in [0.3, 0.4) is 0 Å². The number of hydrogen-bond acceptors (Lipinski definition) is 5. The van der Waals surface area contributed by atoms with Crippen molar-refractivity contribution in [3.8, 4) is 0 Å². The molecule has 0 unspecified atom stereocenters. The molecule has 0 spiro atoms. The molecule has 2 N–H and O–H groups in total. The van der Waals surface area contributed by atoms with Gasteiger partial charge in [0.2, 0.25) is 0 Å². The van der Waals surface area contributed by atoms with E-state index in [2.05, 4.69) is 42.4 Å². The van der Waals surface area contributed by atoms with Gasteiger partial charge in [0.1, 0.15) is 11.6 Å². The molecule has 3 heterocycles. The lowest BCUT2D eigenvalue weighted by Crippen LogP contribution is -2.25. The van der Waals surface area contributed by atoms with E-state index in [1.54, 1.807) is 0 Å². The van der Waals surface area contributed by atoms with Crippen LogP contribution in [0.1, 0.15) is 47.1 Å². The van der Waals surface area contributed by atoms with Gasteiger partial charge in [0, 0.05) is 12.0 Å². The summed E-state index contributed by atoms with van der Waals surface area (Å²) in [6.07, 6.45) is 5.90. The normalized spacial score (nSPS) is 13.7. The van der Waals surface area contributed by atoms with Crippen LogP contribution in [0.25, 0.3) is 5.78 Å². The highest BCUT2D eigenvalue weighted by Gasteiger charge is 2.18. The molecule has 0 saturated heterocycles. The zero-order valence-corrected chi connectivity index (χ0v) is 15.5. The van der Waals surface area contributed by atoms with Gasteiger partial charge in [-0.1, -0.05) is 30.3 Å². The maximum absolute atomic E-state index is 12.7. The lowest BCUT2D eigenvalue weighted by molar-refractivity contribution is 0.650. The molecule has 8 nitrogen and oxygen atoms in total. The highest BCUT2D eigenvalue weighted by atomic mass is 16.1. The van der Waals surface area contributed by atoms with E-state index in [1.807, 2.05) is 18.2 Å². The van der Waals surface area contributed by atoms with Gasteiger partial charge >= 0.3 is 0 Å². The molecule has 1 aliphatic carbocycles. The molecule has 1 aromatic carbocycles. The summed E-state index contributed by atoms with van der Waals surface area (Å²) >= 11 is 0. The Balaban J connectivity index is 1.34. The third-order valence-corrected chi connectivity index (χ3v) is 5.20. The first-order chi connectivity index (χ1) is 13.8. The van der Waals surface area contributed by atoms with Crippen LogP contribution in [0.15, 0.2) is 35.1 Å². The summed E-state index contributed by atoms with van der Waals surface area (Å²) in [4.78, 5) is 26.3. The molecule has 142 valence electrons. The molecule has 8 heteroatoms. The molecule has 4 aromatic rings. The van der Waals surface area contributed by atoms with E-state index in [0.717, 1.165) is 61.4 Å². The first-order valence-corrected chi connectivity index (χ1v) is 9.70. The number of nitrogens with one attached hydrogen (secondary N) is 2. The minimum Gasteiger partial charge on any atom is -0.275 e. The van der Waals surface area contributed by atoms with Crippen molar-refractivity contribution in [1.82, 2.24) is 34.8 Å². The molecule has 0 radical (unpaired) electrons. The number of rotatable bonds is 5. The summed E-state index contributed by atoms with van der Waals surface area (Å²) in [6, 6.07) is 10.3. The number of nitrogens with zero attached hydrogens (tertiary/aromatic N) is 5. The zero-order chi connectivity index (χ0) is 18.9. The van der Waals surface area contributed by atoms with E-state index in [9.17, 15) is 4.79 Å². The minimum atomic E-state index is -0.0282. The lowest BCUT2D eigenvalue weighted by atomic mass is 9.97. The number of aromatic amines is 2. The van der Waals surface area contributed by atoms with Crippen molar-refractivity contribution in [3.05, 3.63) is 75.0 Å². The zero-order valence-electron chi connectivity index (χ0n) is 15.5. The van der Waals surface area contributed by atoms with Crippen LogP contribution in [0, 0.1) is 0 Å². The van der Waals surface area contributed by atoms with E-state index >= 15 is 0 Å². The predicted molar refractivity (Wildman–Crippen MR) is 103 cm³/mol. The molecule has 0 amide bonds. The Hall–Kier alpha value is -3.29. The van der Waals surface area contributed by atoms with E-state index in [-0.39, 0.29) is 5.56 Å². The molecule has 0 bridgehead atoms. The van der Waals surface area contributed by atoms with Crippen molar-refractivity contribution < 1.29 is 0 Å². The first kappa shape index (κ1) is 16.9. The Morgan fingerprint density at radius 2 is 1.82 bits per heavy atom. The Labute approximate surface area is 161 Å². The van der Waals surface area contributed by atoms with Gasteiger partial charge in [0.05, 0.1) is 12.1 Å². The van der Waals surface area contributed by atoms with Gasteiger partial charge in [-0.25, -0.2) is 9.97 Å². The number of aryl methyl sites for hydroxylation is 3. The maximum Gasteiger partial charge on any atom is 0.277 e. The second-order valence-electron chi connectivity index (χ2n) is 7.22. The first-order valence-electron chi connectivity index (χ1n) is 9.70. The highest BCUT2D eigenvalue weighted by molar-refractivity contribution is 5.34. The molecule has 3 aromatic heterocycles. The fourth-order valence-corrected chi connectivity index (χ4v) is 3.75. The average Bonchev–Trinajstić information content (AvgIpc) is 3.34. The summed E-state index contributed by atoms with van der Waals surface area (Å²) in [5, 5.41) is 10.3. The SMILES string of the molecule is O=c1c2c(nc3nc(Cc4nc(CCc5ccccc5)n[nH]4)[nH]n13)CCCC2. The van der Waals surface area contributed by atoms with Crippen LogP contribution < -0.4 is 5.56 Å². The fraction of sp³-hybridized carbons (Fsp3) is 0.350. The van der Waals surface area contributed by atoms with Gasteiger partial charge in [0.15, 0.2) is 5.82 Å². The van der Waals surface area contributed by atoms with Crippen molar-refractivity contribution in [2.75, 3.05) is 0 Å². The van der Waals surface area contributed by atoms with Gasteiger partial charge < -0.3 is 0 Å². The molecule has 5 rings (SSSR count). The second kappa shape index (κ2) is 7.03. The largest absolute Gasteiger partial charge is 0.277 e. The van der Waals surface area contributed by atoms with Crippen LogP contribution in [-0.2, 0) is 32.1 Å². The third-order valence-electron chi connectivity index (χ3n) is 5.20. The van der Waals surface area contributed by atoms with Gasteiger partial charge in [-0.15, -0.1) is 0 Å². The van der Waals surface area contributed by atoms with E-state index < -0.39 is 0 Å². The molecule has 0 fully saturated rings. The van der Waals surface area contributed by atoms with Gasteiger partial charge in [0.25, 0.3) is 11.3 Å². The number of fused-ring (bicyclic) bond motifs is 2. The Bertz CT molecular complexity index is 1170. The Morgan fingerprint density at radius 3 is 2.71 bits per heavy atom. The number of H-pyrrole nitrogens is 2. The van der Waals surface area contributed by atoms with Crippen molar-refractivity contribution in [3.63, 3.8) is 0 Å². The summed E-state index contributed by atoms with van der Waals surface area (Å²) in [6.45, 7) is 0. The minimum absolute atomic E-state index is 0.0282. The molecule has 1 aliphatic rings. The predicted octanol–water partition coefficient (Wildman–Crippen LogP) is 1.79.